The molecule has 1 nitrogen and oxygen atoms in total. The summed E-state index contributed by atoms with van der Waals surface area (Å²) in [6.07, 6.45) is 11.9. The number of hydrogen-bond acceptors (Lipinski definition) is 1. The normalized spacial score (nSPS) is 27.5. The van der Waals surface area contributed by atoms with Crippen LogP contribution in [0, 0.1) is 0 Å². The Morgan fingerprint density at radius 1 is 1.46 bits per heavy atom. The molecule has 0 aromatic heterocycles. The Bertz CT molecular complexity index is 211. The van der Waals surface area contributed by atoms with Gasteiger partial charge in [-0.3, -0.25) is 0 Å². The van der Waals surface area contributed by atoms with Gasteiger partial charge in [0.05, 0.1) is 5.60 Å². The molecule has 13 heavy (non-hydrogen) atoms. The van der Waals surface area contributed by atoms with Gasteiger partial charge in [-0.2, -0.15) is 0 Å². The molecule has 1 rings (SSSR count). The second-order valence-corrected chi connectivity index (χ2v) is 4.13. The van der Waals surface area contributed by atoms with E-state index in [9.17, 15) is 5.11 Å². The standard InChI is InChI=1S/C12H20O/c1-3-4-5-6-11-7-9-12(2,13)10-8-11/h7-9,13H,3-6,10H2,1-2H3. The summed E-state index contributed by atoms with van der Waals surface area (Å²) in [7, 11) is 0. The van der Waals surface area contributed by atoms with E-state index in [-0.39, 0.29) is 0 Å². The number of hydrogen-bond donors (Lipinski definition) is 1. The van der Waals surface area contributed by atoms with Crippen molar-refractivity contribution in [2.75, 3.05) is 0 Å². The third-order valence-corrected chi connectivity index (χ3v) is 2.50. The Kier molecular flexibility index (Phi) is 3.73. The summed E-state index contributed by atoms with van der Waals surface area (Å²) < 4.78 is 0. The first-order valence-electron chi connectivity index (χ1n) is 5.25. The molecule has 0 spiro atoms. The van der Waals surface area contributed by atoms with Crippen molar-refractivity contribution in [3.05, 3.63) is 23.8 Å². The Balaban J connectivity index is 2.31. The highest BCUT2D eigenvalue weighted by atomic mass is 16.3. The quantitative estimate of drug-likeness (QED) is 0.659. The van der Waals surface area contributed by atoms with Crippen LogP contribution in [0.15, 0.2) is 23.8 Å². The van der Waals surface area contributed by atoms with Crippen LogP contribution >= 0.6 is 0 Å². The van der Waals surface area contributed by atoms with Gasteiger partial charge in [0.15, 0.2) is 0 Å². The molecule has 0 saturated heterocycles. The summed E-state index contributed by atoms with van der Waals surface area (Å²) in [6.45, 7) is 4.07. The third-order valence-electron chi connectivity index (χ3n) is 2.50. The molecule has 1 unspecified atom stereocenters. The molecule has 0 radical (unpaired) electrons. The van der Waals surface area contributed by atoms with Gasteiger partial charge in [-0.25, -0.2) is 0 Å². The van der Waals surface area contributed by atoms with Gasteiger partial charge in [-0.1, -0.05) is 43.6 Å². The lowest BCUT2D eigenvalue weighted by Crippen LogP contribution is -2.21. The molecule has 1 N–H and O–H groups in total. The zero-order valence-electron chi connectivity index (χ0n) is 8.71. The van der Waals surface area contributed by atoms with Crippen molar-refractivity contribution in [2.24, 2.45) is 0 Å². The van der Waals surface area contributed by atoms with Gasteiger partial charge in [0.1, 0.15) is 0 Å². The Hall–Kier alpha value is -0.560. The summed E-state index contributed by atoms with van der Waals surface area (Å²) in [5, 5.41) is 9.63. The SMILES string of the molecule is CCCCCC1=CCC(C)(O)C=C1. The van der Waals surface area contributed by atoms with Crippen molar-refractivity contribution in [1.82, 2.24) is 0 Å². The number of aliphatic hydroxyl groups is 1. The first-order valence-corrected chi connectivity index (χ1v) is 5.25. The molecule has 0 bridgehead atoms. The van der Waals surface area contributed by atoms with Gasteiger partial charge in [-0.15, -0.1) is 0 Å². The van der Waals surface area contributed by atoms with E-state index in [0.29, 0.717) is 0 Å². The molecular formula is C12H20O. The van der Waals surface area contributed by atoms with Crippen molar-refractivity contribution in [3.8, 4) is 0 Å². The zero-order valence-corrected chi connectivity index (χ0v) is 8.71. The monoisotopic (exact) mass is 180 g/mol. The van der Waals surface area contributed by atoms with Crippen LogP contribution in [0.1, 0.15) is 46.0 Å². The molecular weight excluding hydrogens is 160 g/mol. The summed E-state index contributed by atoms with van der Waals surface area (Å²) in [5.41, 5.74) is 0.786. The minimum atomic E-state index is -0.603. The fraction of sp³-hybridized carbons (Fsp3) is 0.667. The van der Waals surface area contributed by atoms with Gasteiger partial charge in [0, 0.05) is 0 Å². The predicted octanol–water partition coefficient (Wildman–Crippen LogP) is 3.20. The molecule has 1 heteroatoms. The Labute approximate surface area is 81.2 Å². The van der Waals surface area contributed by atoms with Crippen LogP contribution in [0.2, 0.25) is 0 Å². The molecule has 1 atom stereocenters. The largest absolute Gasteiger partial charge is 0.386 e. The topological polar surface area (TPSA) is 20.2 Å². The lowest BCUT2D eigenvalue weighted by atomic mass is 9.92. The first kappa shape index (κ1) is 10.5. The van der Waals surface area contributed by atoms with Gasteiger partial charge in [0.2, 0.25) is 0 Å². The molecule has 1 aliphatic carbocycles. The highest BCUT2D eigenvalue weighted by Gasteiger charge is 2.17. The molecule has 0 amide bonds. The fourth-order valence-corrected chi connectivity index (χ4v) is 1.52. The van der Waals surface area contributed by atoms with E-state index in [1.807, 2.05) is 13.0 Å². The Morgan fingerprint density at radius 2 is 2.23 bits per heavy atom. The second kappa shape index (κ2) is 4.61. The average Bonchev–Trinajstić information content (AvgIpc) is 2.08. The number of unbranched alkanes of at least 4 members (excludes halogenated alkanes) is 2. The maximum atomic E-state index is 9.63. The lowest BCUT2D eigenvalue weighted by Gasteiger charge is -2.21. The van der Waals surface area contributed by atoms with Gasteiger partial charge in [0.25, 0.3) is 0 Å². The summed E-state index contributed by atoms with van der Waals surface area (Å²) >= 11 is 0. The molecule has 0 fully saturated rings. The fourth-order valence-electron chi connectivity index (χ4n) is 1.52. The van der Waals surface area contributed by atoms with Crippen LogP contribution in [0.3, 0.4) is 0 Å². The molecule has 0 aliphatic heterocycles. The van der Waals surface area contributed by atoms with Crippen molar-refractivity contribution in [1.29, 1.82) is 0 Å². The smallest absolute Gasteiger partial charge is 0.0837 e. The van der Waals surface area contributed by atoms with Crippen molar-refractivity contribution in [3.63, 3.8) is 0 Å². The molecule has 0 heterocycles. The van der Waals surface area contributed by atoms with Gasteiger partial charge >= 0.3 is 0 Å². The van der Waals surface area contributed by atoms with Crippen molar-refractivity contribution >= 4 is 0 Å². The molecule has 0 saturated carbocycles. The molecule has 74 valence electrons. The van der Waals surface area contributed by atoms with E-state index >= 15 is 0 Å². The van der Waals surface area contributed by atoms with E-state index in [2.05, 4.69) is 19.1 Å². The van der Waals surface area contributed by atoms with Crippen LogP contribution in [-0.4, -0.2) is 10.7 Å². The van der Waals surface area contributed by atoms with E-state index in [1.165, 1.54) is 31.3 Å². The van der Waals surface area contributed by atoms with Crippen LogP contribution in [-0.2, 0) is 0 Å². The Morgan fingerprint density at radius 3 is 2.77 bits per heavy atom. The average molecular weight is 180 g/mol. The summed E-state index contributed by atoms with van der Waals surface area (Å²) in [5.74, 6) is 0. The molecule has 0 aromatic rings. The third kappa shape index (κ3) is 3.77. The second-order valence-electron chi connectivity index (χ2n) is 4.13. The van der Waals surface area contributed by atoms with Crippen molar-refractivity contribution < 1.29 is 5.11 Å². The lowest BCUT2D eigenvalue weighted by molar-refractivity contribution is 0.113. The van der Waals surface area contributed by atoms with Crippen LogP contribution < -0.4 is 0 Å². The molecule has 1 aliphatic rings. The molecule has 0 aromatic carbocycles. The highest BCUT2D eigenvalue weighted by molar-refractivity contribution is 5.26. The maximum Gasteiger partial charge on any atom is 0.0837 e. The summed E-state index contributed by atoms with van der Waals surface area (Å²) in [6, 6.07) is 0. The summed E-state index contributed by atoms with van der Waals surface area (Å²) in [4.78, 5) is 0. The zero-order chi connectivity index (χ0) is 9.73. The minimum absolute atomic E-state index is 0.603. The van der Waals surface area contributed by atoms with Crippen LogP contribution in [0.25, 0.3) is 0 Å². The van der Waals surface area contributed by atoms with Crippen molar-refractivity contribution in [2.45, 2.75) is 51.6 Å². The number of allylic oxidation sites excluding steroid dienone is 2. The predicted molar refractivity (Wildman–Crippen MR) is 56.6 cm³/mol. The van der Waals surface area contributed by atoms with Gasteiger partial charge in [-0.05, 0) is 26.2 Å². The van der Waals surface area contributed by atoms with E-state index < -0.39 is 5.60 Å². The van der Waals surface area contributed by atoms with Crippen LogP contribution in [0.4, 0.5) is 0 Å². The maximum absolute atomic E-state index is 9.63. The van der Waals surface area contributed by atoms with Gasteiger partial charge < -0.3 is 5.11 Å². The van der Waals surface area contributed by atoms with E-state index in [1.54, 1.807) is 0 Å². The highest BCUT2D eigenvalue weighted by Crippen LogP contribution is 2.22. The van der Waals surface area contributed by atoms with Crippen LogP contribution in [0.5, 0.6) is 0 Å². The van der Waals surface area contributed by atoms with E-state index in [0.717, 1.165) is 6.42 Å². The number of rotatable bonds is 4. The van der Waals surface area contributed by atoms with E-state index in [4.69, 9.17) is 0 Å². The first-order chi connectivity index (χ1) is 6.14. The minimum Gasteiger partial charge on any atom is -0.386 e.